The van der Waals surface area contributed by atoms with Gasteiger partial charge in [-0.15, -0.1) is 0 Å². The number of aliphatic carboxylic acids is 1. The largest absolute Gasteiger partial charge is 0.508 e. The van der Waals surface area contributed by atoms with E-state index in [4.69, 9.17) is 5.11 Å². The summed E-state index contributed by atoms with van der Waals surface area (Å²) >= 11 is 0. The fourth-order valence-corrected chi connectivity index (χ4v) is 1.05. The highest BCUT2D eigenvalue weighted by Gasteiger charge is 2.06. The average molecular weight is 224 g/mol. The van der Waals surface area contributed by atoms with Crippen LogP contribution in [0.25, 0.3) is 0 Å². The minimum Gasteiger partial charge on any atom is -0.508 e. The molecule has 88 valence electrons. The molecule has 0 aliphatic carbocycles. The van der Waals surface area contributed by atoms with Crippen molar-refractivity contribution in [1.29, 1.82) is 0 Å². The first kappa shape index (κ1) is 14.0. The van der Waals surface area contributed by atoms with Gasteiger partial charge in [0.2, 0.25) is 0 Å². The molecule has 0 saturated carbocycles. The van der Waals surface area contributed by atoms with Crippen LogP contribution >= 0.6 is 0 Å². The quantitative estimate of drug-likeness (QED) is 0.505. The summed E-state index contributed by atoms with van der Waals surface area (Å²) in [5.41, 5.74) is 2.21. The molecule has 0 aromatic heterocycles. The second-order valence-electron chi connectivity index (χ2n) is 3.35. The fraction of sp³-hybridized carbons (Fsp3) is 0.250. The Balaban J connectivity index is 0.000000385. The number of phenols is 2. The van der Waals surface area contributed by atoms with E-state index in [1.54, 1.807) is 26.8 Å². The number of hydrogen-bond acceptors (Lipinski definition) is 3. The first-order valence-electron chi connectivity index (χ1n) is 4.65. The lowest BCUT2D eigenvalue weighted by atomic mass is 10.0. The van der Waals surface area contributed by atoms with Gasteiger partial charge in [-0.05, 0) is 43.5 Å². The fourth-order valence-electron chi connectivity index (χ4n) is 1.05. The minimum absolute atomic E-state index is 0.248. The van der Waals surface area contributed by atoms with Crippen molar-refractivity contribution in [1.82, 2.24) is 0 Å². The van der Waals surface area contributed by atoms with Crippen LogP contribution in [-0.4, -0.2) is 21.3 Å². The van der Waals surface area contributed by atoms with Crippen molar-refractivity contribution in [3.05, 3.63) is 35.4 Å². The topological polar surface area (TPSA) is 77.8 Å². The SMILES string of the molecule is C=CC(=O)O.Cc1cc(O)c(C)c(C)c1O. The van der Waals surface area contributed by atoms with E-state index < -0.39 is 5.97 Å². The molecule has 1 rings (SSSR count). The van der Waals surface area contributed by atoms with Crippen LogP contribution in [0.4, 0.5) is 0 Å². The van der Waals surface area contributed by atoms with Gasteiger partial charge >= 0.3 is 5.97 Å². The maximum atomic E-state index is 9.40. The molecule has 0 atom stereocenters. The summed E-state index contributed by atoms with van der Waals surface area (Å²) in [6, 6.07) is 1.57. The third-order valence-corrected chi connectivity index (χ3v) is 2.20. The molecule has 0 amide bonds. The number of aryl methyl sites for hydroxylation is 1. The van der Waals surface area contributed by atoms with Gasteiger partial charge in [-0.1, -0.05) is 6.58 Å². The molecule has 0 fully saturated rings. The summed E-state index contributed by atoms with van der Waals surface area (Å²) in [5.74, 6) is -0.455. The van der Waals surface area contributed by atoms with Crippen LogP contribution < -0.4 is 0 Å². The molecule has 4 heteroatoms. The van der Waals surface area contributed by atoms with Gasteiger partial charge in [0.05, 0.1) is 0 Å². The molecule has 3 N–H and O–H groups in total. The summed E-state index contributed by atoms with van der Waals surface area (Å²) < 4.78 is 0. The van der Waals surface area contributed by atoms with Gasteiger partial charge in [-0.25, -0.2) is 4.79 Å². The molecule has 0 saturated heterocycles. The highest BCUT2D eigenvalue weighted by atomic mass is 16.4. The molecule has 16 heavy (non-hydrogen) atoms. The number of rotatable bonds is 1. The molecule has 0 heterocycles. The van der Waals surface area contributed by atoms with Crippen LogP contribution in [0.2, 0.25) is 0 Å². The first-order valence-corrected chi connectivity index (χ1v) is 4.65. The van der Waals surface area contributed by atoms with Gasteiger partial charge < -0.3 is 15.3 Å². The molecule has 0 bridgehead atoms. The van der Waals surface area contributed by atoms with Crippen molar-refractivity contribution in [3.8, 4) is 11.5 Å². The highest BCUT2D eigenvalue weighted by molar-refractivity contribution is 5.78. The second-order valence-corrected chi connectivity index (χ2v) is 3.35. The molecule has 0 radical (unpaired) electrons. The van der Waals surface area contributed by atoms with Crippen molar-refractivity contribution in [2.75, 3.05) is 0 Å². The van der Waals surface area contributed by atoms with Crippen LogP contribution in [0.15, 0.2) is 18.7 Å². The Bertz CT molecular complexity index is 382. The van der Waals surface area contributed by atoms with Crippen LogP contribution in [0.3, 0.4) is 0 Å². The Hall–Kier alpha value is -1.97. The monoisotopic (exact) mass is 224 g/mol. The Morgan fingerprint density at radius 3 is 2.06 bits per heavy atom. The number of aromatic hydroxyl groups is 2. The van der Waals surface area contributed by atoms with Gasteiger partial charge in [0.25, 0.3) is 0 Å². The molecule has 0 spiro atoms. The highest BCUT2D eigenvalue weighted by Crippen LogP contribution is 2.30. The second kappa shape index (κ2) is 5.80. The Morgan fingerprint density at radius 2 is 1.69 bits per heavy atom. The zero-order chi connectivity index (χ0) is 12.9. The molecule has 0 aliphatic rings. The van der Waals surface area contributed by atoms with Crippen molar-refractivity contribution in [2.45, 2.75) is 20.8 Å². The minimum atomic E-state index is -0.981. The Labute approximate surface area is 94.5 Å². The van der Waals surface area contributed by atoms with Crippen LogP contribution in [0.5, 0.6) is 11.5 Å². The number of carboxylic acids is 1. The van der Waals surface area contributed by atoms with Gasteiger partial charge in [0.15, 0.2) is 0 Å². The lowest BCUT2D eigenvalue weighted by molar-refractivity contribution is -0.131. The molecular formula is C12H16O4. The number of carbonyl (C=O) groups is 1. The van der Waals surface area contributed by atoms with Crippen LogP contribution in [-0.2, 0) is 4.79 Å². The van der Waals surface area contributed by atoms with Crippen molar-refractivity contribution < 1.29 is 20.1 Å². The van der Waals surface area contributed by atoms with Crippen molar-refractivity contribution in [3.63, 3.8) is 0 Å². The van der Waals surface area contributed by atoms with Gasteiger partial charge in [0.1, 0.15) is 11.5 Å². The molecule has 1 aromatic carbocycles. The predicted molar refractivity (Wildman–Crippen MR) is 61.8 cm³/mol. The summed E-state index contributed by atoms with van der Waals surface area (Å²) in [6.45, 7) is 8.30. The van der Waals surface area contributed by atoms with Gasteiger partial charge in [0, 0.05) is 6.08 Å². The standard InChI is InChI=1S/C9H12O2.C3H4O2/c1-5-4-8(10)6(2)7(3)9(5)11;1-2-3(4)5/h4,10-11H,1-3H3;2H,1H2,(H,4,5). The number of carboxylic acid groups (broad SMARTS) is 1. The van der Waals surface area contributed by atoms with E-state index in [0.29, 0.717) is 5.56 Å². The Morgan fingerprint density at radius 1 is 1.25 bits per heavy atom. The van der Waals surface area contributed by atoms with E-state index in [-0.39, 0.29) is 11.5 Å². The number of phenolic OH excluding ortho intramolecular Hbond substituents is 2. The van der Waals surface area contributed by atoms with E-state index >= 15 is 0 Å². The molecular weight excluding hydrogens is 208 g/mol. The lowest BCUT2D eigenvalue weighted by Crippen LogP contribution is -1.85. The maximum Gasteiger partial charge on any atom is 0.327 e. The maximum absolute atomic E-state index is 9.40. The van der Waals surface area contributed by atoms with Crippen LogP contribution in [0, 0.1) is 20.8 Å². The van der Waals surface area contributed by atoms with E-state index in [1.807, 2.05) is 0 Å². The summed E-state index contributed by atoms with van der Waals surface area (Å²) in [7, 11) is 0. The van der Waals surface area contributed by atoms with E-state index in [2.05, 4.69) is 6.58 Å². The molecule has 0 unspecified atom stereocenters. The van der Waals surface area contributed by atoms with Crippen molar-refractivity contribution in [2.24, 2.45) is 0 Å². The van der Waals surface area contributed by atoms with E-state index in [0.717, 1.165) is 17.2 Å². The van der Waals surface area contributed by atoms with Crippen molar-refractivity contribution >= 4 is 5.97 Å². The van der Waals surface area contributed by atoms with Gasteiger partial charge in [-0.3, -0.25) is 0 Å². The zero-order valence-corrected chi connectivity index (χ0v) is 9.61. The average Bonchev–Trinajstić information content (AvgIpc) is 2.24. The molecule has 0 aliphatic heterocycles. The third kappa shape index (κ3) is 3.65. The number of hydrogen-bond donors (Lipinski definition) is 3. The smallest absolute Gasteiger partial charge is 0.327 e. The van der Waals surface area contributed by atoms with E-state index in [1.165, 1.54) is 0 Å². The van der Waals surface area contributed by atoms with Gasteiger partial charge in [-0.2, -0.15) is 0 Å². The lowest BCUT2D eigenvalue weighted by Gasteiger charge is -2.07. The number of benzene rings is 1. The first-order chi connectivity index (χ1) is 7.31. The predicted octanol–water partition coefficient (Wildman–Crippen LogP) is 2.28. The normalized spacial score (nSPS) is 8.94. The summed E-state index contributed by atoms with van der Waals surface area (Å²) in [5, 5.41) is 26.3. The molecule has 4 nitrogen and oxygen atoms in total. The summed E-state index contributed by atoms with van der Waals surface area (Å²) in [4.78, 5) is 9.25. The van der Waals surface area contributed by atoms with Crippen LogP contribution in [0.1, 0.15) is 16.7 Å². The third-order valence-electron chi connectivity index (χ3n) is 2.20. The zero-order valence-electron chi connectivity index (χ0n) is 9.61. The molecule has 1 aromatic rings. The summed E-state index contributed by atoms with van der Waals surface area (Å²) in [6.07, 6.45) is 0.833. The van der Waals surface area contributed by atoms with E-state index in [9.17, 15) is 15.0 Å². The Kier molecular flexibility index (Phi) is 5.09.